The van der Waals surface area contributed by atoms with Gasteiger partial charge in [0.25, 0.3) is 0 Å². The van der Waals surface area contributed by atoms with Crippen LogP contribution in [0.2, 0.25) is 0 Å². The minimum atomic E-state index is -0.726. The highest BCUT2D eigenvalue weighted by Gasteiger charge is 2.63. The van der Waals surface area contributed by atoms with Crippen LogP contribution in [-0.4, -0.2) is 77.5 Å². The molecule has 3 atom stereocenters. The van der Waals surface area contributed by atoms with Gasteiger partial charge in [-0.3, -0.25) is 4.90 Å². The first-order chi connectivity index (χ1) is 17.1. The zero-order chi connectivity index (χ0) is 23.6. The summed E-state index contributed by atoms with van der Waals surface area (Å²) in [5.74, 6) is 1.17. The summed E-state index contributed by atoms with van der Waals surface area (Å²) in [5, 5.41) is 23.1. The Labute approximate surface area is 209 Å². The summed E-state index contributed by atoms with van der Waals surface area (Å²) in [6.07, 6.45) is 7.56. The van der Waals surface area contributed by atoms with Crippen molar-refractivity contribution in [3.63, 3.8) is 0 Å². The highest BCUT2D eigenvalue weighted by atomic mass is 16.3. The zero-order valence-electron chi connectivity index (χ0n) is 20.8. The average Bonchev–Trinajstić information content (AvgIpc) is 3.61. The molecule has 3 aliphatic heterocycles. The summed E-state index contributed by atoms with van der Waals surface area (Å²) >= 11 is 0. The SMILES string of the molecule is Oc1ccc2c(c1)C13CCN(CCN4CCc5ccccc54)CC[C@@]1(O)C(C2)N(CC1CC1)CC3. The quantitative estimate of drug-likeness (QED) is 0.696. The van der Waals surface area contributed by atoms with Crippen molar-refractivity contribution >= 4 is 5.69 Å². The predicted molar refractivity (Wildman–Crippen MR) is 139 cm³/mol. The molecule has 0 aromatic heterocycles. The molecule has 5 aliphatic rings. The Morgan fingerprint density at radius 1 is 0.886 bits per heavy atom. The molecule has 2 unspecified atom stereocenters. The molecule has 2 aliphatic carbocycles. The lowest BCUT2D eigenvalue weighted by molar-refractivity contribution is -0.149. The van der Waals surface area contributed by atoms with Crippen molar-refractivity contribution in [3.8, 4) is 5.75 Å². The van der Waals surface area contributed by atoms with E-state index in [-0.39, 0.29) is 11.5 Å². The number of phenols is 1. The van der Waals surface area contributed by atoms with Gasteiger partial charge in [-0.25, -0.2) is 0 Å². The van der Waals surface area contributed by atoms with Gasteiger partial charge in [-0.2, -0.15) is 0 Å². The average molecular weight is 474 g/mol. The molecule has 5 heteroatoms. The van der Waals surface area contributed by atoms with Gasteiger partial charge in [-0.05, 0) is 98.8 Å². The number of hydrogen-bond donors (Lipinski definition) is 2. The lowest BCUT2D eigenvalue weighted by atomic mass is 9.52. The highest BCUT2D eigenvalue weighted by Crippen LogP contribution is 2.56. The van der Waals surface area contributed by atoms with E-state index in [0.717, 1.165) is 83.8 Å². The fourth-order valence-electron chi connectivity index (χ4n) is 8.04. The summed E-state index contributed by atoms with van der Waals surface area (Å²) < 4.78 is 0. The number of anilines is 1. The first kappa shape index (κ1) is 22.1. The summed E-state index contributed by atoms with van der Waals surface area (Å²) in [7, 11) is 0. The third-order valence-electron chi connectivity index (χ3n) is 10.2. The van der Waals surface area contributed by atoms with E-state index in [2.05, 4.69) is 45.0 Å². The van der Waals surface area contributed by atoms with Crippen LogP contribution in [0.4, 0.5) is 5.69 Å². The second kappa shape index (κ2) is 8.22. The number of nitrogens with zero attached hydrogens (tertiary/aromatic N) is 3. The van der Waals surface area contributed by atoms with Gasteiger partial charge >= 0.3 is 0 Å². The van der Waals surface area contributed by atoms with Gasteiger partial charge in [0.15, 0.2) is 0 Å². The largest absolute Gasteiger partial charge is 0.508 e. The maximum atomic E-state index is 12.6. The Kier molecular flexibility index (Phi) is 5.20. The number of aromatic hydroxyl groups is 1. The van der Waals surface area contributed by atoms with Crippen LogP contribution in [-0.2, 0) is 18.3 Å². The van der Waals surface area contributed by atoms with E-state index in [4.69, 9.17) is 0 Å². The topological polar surface area (TPSA) is 50.2 Å². The minimum absolute atomic E-state index is 0.194. The summed E-state index contributed by atoms with van der Waals surface area (Å²) in [4.78, 5) is 7.79. The van der Waals surface area contributed by atoms with Crippen LogP contribution in [0.3, 0.4) is 0 Å². The third-order valence-corrected chi connectivity index (χ3v) is 10.2. The van der Waals surface area contributed by atoms with Crippen molar-refractivity contribution in [1.82, 2.24) is 9.80 Å². The maximum absolute atomic E-state index is 12.6. The monoisotopic (exact) mass is 473 g/mol. The first-order valence-corrected chi connectivity index (χ1v) is 13.9. The van der Waals surface area contributed by atoms with Crippen molar-refractivity contribution in [3.05, 3.63) is 59.2 Å². The predicted octanol–water partition coefficient (Wildman–Crippen LogP) is 3.56. The van der Waals surface area contributed by atoms with Gasteiger partial charge in [-0.15, -0.1) is 0 Å². The lowest BCUT2D eigenvalue weighted by Gasteiger charge is -2.61. The molecular formula is C30H39N3O2. The molecule has 2 N–H and O–H groups in total. The third kappa shape index (κ3) is 3.53. The minimum Gasteiger partial charge on any atom is -0.508 e. The van der Waals surface area contributed by atoms with Gasteiger partial charge in [0.05, 0.1) is 5.60 Å². The molecule has 2 bridgehead atoms. The van der Waals surface area contributed by atoms with E-state index in [1.54, 1.807) is 0 Å². The van der Waals surface area contributed by atoms with E-state index >= 15 is 0 Å². The summed E-state index contributed by atoms with van der Waals surface area (Å²) in [6, 6.07) is 15.0. The van der Waals surface area contributed by atoms with E-state index in [1.165, 1.54) is 35.2 Å². The number of fused-ring (bicyclic) bond motifs is 2. The Morgan fingerprint density at radius 2 is 1.71 bits per heavy atom. The zero-order valence-corrected chi connectivity index (χ0v) is 20.8. The van der Waals surface area contributed by atoms with E-state index < -0.39 is 5.60 Å². The van der Waals surface area contributed by atoms with Gasteiger partial charge in [0.2, 0.25) is 0 Å². The Morgan fingerprint density at radius 3 is 2.60 bits per heavy atom. The van der Waals surface area contributed by atoms with E-state index in [9.17, 15) is 10.2 Å². The molecule has 3 fully saturated rings. The second-order valence-electron chi connectivity index (χ2n) is 12.0. The Balaban J connectivity index is 1.16. The van der Waals surface area contributed by atoms with Crippen molar-refractivity contribution in [2.24, 2.45) is 5.92 Å². The van der Waals surface area contributed by atoms with Gasteiger partial charge in [0.1, 0.15) is 5.75 Å². The molecule has 35 heavy (non-hydrogen) atoms. The fraction of sp³-hybridized carbons (Fsp3) is 0.600. The molecule has 186 valence electrons. The smallest absolute Gasteiger partial charge is 0.115 e. The number of likely N-dealkylation sites (tertiary alicyclic amines) is 2. The Bertz CT molecular complexity index is 1120. The maximum Gasteiger partial charge on any atom is 0.115 e. The van der Waals surface area contributed by atoms with Crippen LogP contribution in [0.25, 0.3) is 0 Å². The molecule has 2 saturated heterocycles. The number of benzene rings is 2. The Hall–Kier alpha value is -2.08. The van der Waals surface area contributed by atoms with Gasteiger partial charge < -0.3 is 20.0 Å². The number of phenolic OH excluding ortho intramolecular Hbond substituents is 1. The molecule has 0 amide bonds. The summed E-state index contributed by atoms with van der Waals surface area (Å²) in [6.45, 7) is 7.41. The van der Waals surface area contributed by atoms with Crippen LogP contribution in [0, 0.1) is 5.92 Å². The molecular weight excluding hydrogens is 434 g/mol. The fourth-order valence-corrected chi connectivity index (χ4v) is 8.04. The molecule has 2 aromatic rings. The molecule has 1 saturated carbocycles. The second-order valence-corrected chi connectivity index (χ2v) is 12.0. The summed E-state index contributed by atoms with van der Waals surface area (Å²) in [5.41, 5.74) is 4.49. The van der Waals surface area contributed by atoms with Crippen LogP contribution in [0.5, 0.6) is 5.75 Å². The molecule has 7 rings (SSSR count). The van der Waals surface area contributed by atoms with Crippen molar-refractivity contribution in [2.75, 3.05) is 50.7 Å². The highest BCUT2D eigenvalue weighted by molar-refractivity contribution is 5.57. The number of aliphatic hydroxyl groups is 1. The number of hydrogen-bond acceptors (Lipinski definition) is 5. The van der Waals surface area contributed by atoms with Crippen molar-refractivity contribution in [1.29, 1.82) is 0 Å². The van der Waals surface area contributed by atoms with Crippen molar-refractivity contribution < 1.29 is 10.2 Å². The number of para-hydroxylation sites is 1. The first-order valence-electron chi connectivity index (χ1n) is 13.9. The van der Waals surface area contributed by atoms with E-state index in [0.29, 0.717) is 5.75 Å². The van der Waals surface area contributed by atoms with Crippen LogP contribution < -0.4 is 4.90 Å². The van der Waals surface area contributed by atoms with Crippen LogP contribution in [0.1, 0.15) is 48.8 Å². The normalized spacial score (nSPS) is 32.6. The molecule has 3 heterocycles. The van der Waals surface area contributed by atoms with Gasteiger partial charge in [-0.1, -0.05) is 24.3 Å². The molecule has 0 radical (unpaired) electrons. The molecule has 5 nitrogen and oxygen atoms in total. The number of piperidine rings is 1. The van der Waals surface area contributed by atoms with Crippen molar-refractivity contribution in [2.45, 2.75) is 62.0 Å². The molecule has 2 aromatic carbocycles. The van der Waals surface area contributed by atoms with E-state index in [1.807, 2.05) is 12.1 Å². The lowest BCUT2D eigenvalue weighted by Crippen LogP contribution is -2.71. The standard InChI is InChI=1S/C30H39N3O2/c34-25-8-7-24-19-28-30(35)12-15-31(17-18-32-13-9-23-3-1-2-4-27(23)32)14-10-29(30,26(24)20-25)11-16-33(28)21-22-5-6-22/h1-4,7-8,20,22,28,34-35H,5-6,9-19,21H2/t28?,29?,30-/m1/s1. The van der Waals surface area contributed by atoms with Crippen LogP contribution >= 0.6 is 0 Å². The number of rotatable bonds is 5. The van der Waals surface area contributed by atoms with Gasteiger partial charge in [0, 0.05) is 49.9 Å². The van der Waals surface area contributed by atoms with Crippen LogP contribution in [0.15, 0.2) is 42.5 Å². The molecule has 0 spiro atoms.